The molecule has 1 saturated heterocycles. The van der Waals surface area contributed by atoms with Gasteiger partial charge in [0.1, 0.15) is 17.9 Å². The monoisotopic (exact) mass is 489 g/mol. The Bertz CT molecular complexity index is 1230. The van der Waals surface area contributed by atoms with Crippen LogP contribution in [0.3, 0.4) is 0 Å². The second kappa shape index (κ2) is 11.7. The van der Waals surface area contributed by atoms with E-state index in [2.05, 4.69) is 47.8 Å². The van der Waals surface area contributed by atoms with Gasteiger partial charge >= 0.3 is 6.03 Å². The summed E-state index contributed by atoms with van der Waals surface area (Å²) in [6.45, 7) is 11.1. The molecule has 4 rings (SSSR count). The number of morpholine rings is 1. The molecular weight excluding hydrogens is 458 g/mol. The van der Waals surface area contributed by atoms with Gasteiger partial charge in [-0.15, -0.1) is 0 Å². The average molecular weight is 490 g/mol. The van der Waals surface area contributed by atoms with Gasteiger partial charge in [0, 0.05) is 55.1 Å². The molecule has 36 heavy (non-hydrogen) atoms. The summed E-state index contributed by atoms with van der Waals surface area (Å²) >= 11 is 0. The molecule has 0 unspecified atom stereocenters. The van der Waals surface area contributed by atoms with Crippen molar-refractivity contribution in [3.8, 4) is 11.8 Å². The third-order valence-electron chi connectivity index (χ3n) is 5.49. The zero-order valence-electron chi connectivity index (χ0n) is 20.8. The molecule has 1 aliphatic rings. The number of nitrogens with zero attached hydrogens (tertiary/aromatic N) is 4. The van der Waals surface area contributed by atoms with Crippen molar-refractivity contribution in [3.05, 3.63) is 59.7 Å². The molecule has 10 heteroatoms. The maximum absolute atomic E-state index is 12.4. The fraction of sp³-hybridized carbons (Fsp3) is 0.385. The summed E-state index contributed by atoms with van der Waals surface area (Å²) < 4.78 is 10.7. The molecule has 0 saturated carbocycles. The highest BCUT2D eigenvalue weighted by atomic mass is 16.5. The van der Waals surface area contributed by atoms with Crippen LogP contribution in [0.2, 0.25) is 0 Å². The molecule has 3 heterocycles. The van der Waals surface area contributed by atoms with Gasteiger partial charge in [0.25, 0.3) is 0 Å². The number of rotatable bonds is 6. The molecule has 1 aromatic carbocycles. The summed E-state index contributed by atoms with van der Waals surface area (Å²) in [6, 6.07) is 8.59. The van der Waals surface area contributed by atoms with Crippen molar-refractivity contribution in [2.24, 2.45) is 0 Å². The number of anilines is 3. The number of carbonyl (C=O) groups is 1. The maximum Gasteiger partial charge on any atom is 0.324 e. The topological polar surface area (TPSA) is 117 Å². The third kappa shape index (κ3) is 7.28. The molecule has 2 aromatic heterocycles. The van der Waals surface area contributed by atoms with Crippen LogP contribution in [-0.4, -0.2) is 65.4 Å². The number of nitrogens with one attached hydrogen (secondary N) is 3. The van der Waals surface area contributed by atoms with E-state index in [9.17, 15) is 4.79 Å². The van der Waals surface area contributed by atoms with Crippen molar-refractivity contribution in [3.63, 3.8) is 0 Å². The molecule has 3 aromatic rings. The zero-order valence-corrected chi connectivity index (χ0v) is 20.8. The molecule has 0 spiro atoms. The number of hydrogen-bond donors (Lipinski definition) is 3. The predicted octanol–water partition coefficient (Wildman–Crippen LogP) is 3.55. The van der Waals surface area contributed by atoms with E-state index in [0.717, 1.165) is 45.0 Å². The van der Waals surface area contributed by atoms with E-state index < -0.39 is 6.03 Å². The molecule has 188 valence electrons. The van der Waals surface area contributed by atoms with E-state index in [1.807, 2.05) is 32.9 Å². The number of amides is 2. The lowest BCUT2D eigenvalue weighted by molar-refractivity contribution is 0.0398. The van der Waals surface area contributed by atoms with E-state index in [0.29, 0.717) is 28.6 Å². The first-order valence-corrected chi connectivity index (χ1v) is 11.9. The van der Waals surface area contributed by atoms with Crippen molar-refractivity contribution < 1.29 is 14.1 Å². The molecule has 0 radical (unpaired) electrons. The molecule has 2 amide bonds. The molecule has 3 N–H and O–H groups in total. The standard InChI is InChI=1S/C26H31N7O3/c1-26(2,3)22-16-23(32-36-22)31-25(34)30-21-6-4-5-19(15-21)7-8-20-17-27-18-29-24(20)28-9-10-33-11-13-35-14-12-33/h4-6,15-18H,9-14H2,1-3H3,(H,27,28,29)(H2,30,31,32,34). The first kappa shape index (κ1) is 25.2. The van der Waals surface area contributed by atoms with Gasteiger partial charge in [-0.1, -0.05) is 43.8 Å². The first-order valence-electron chi connectivity index (χ1n) is 11.9. The summed E-state index contributed by atoms with van der Waals surface area (Å²) in [7, 11) is 0. The largest absolute Gasteiger partial charge is 0.379 e. The van der Waals surface area contributed by atoms with E-state index in [4.69, 9.17) is 9.26 Å². The van der Waals surface area contributed by atoms with Gasteiger partial charge in [-0.2, -0.15) is 0 Å². The number of aromatic nitrogens is 3. The Labute approximate surface area is 210 Å². The molecular formula is C26H31N7O3. The van der Waals surface area contributed by atoms with Crippen molar-refractivity contribution in [2.45, 2.75) is 26.2 Å². The second-order valence-corrected chi connectivity index (χ2v) is 9.40. The smallest absolute Gasteiger partial charge is 0.324 e. The number of urea groups is 1. The summed E-state index contributed by atoms with van der Waals surface area (Å²) in [5.41, 5.74) is 1.86. The highest BCUT2D eigenvalue weighted by Crippen LogP contribution is 2.24. The lowest BCUT2D eigenvalue weighted by Crippen LogP contribution is -2.39. The van der Waals surface area contributed by atoms with Crippen LogP contribution in [0.25, 0.3) is 0 Å². The molecule has 1 aliphatic heterocycles. The van der Waals surface area contributed by atoms with Crippen molar-refractivity contribution in [1.29, 1.82) is 0 Å². The highest BCUT2D eigenvalue weighted by molar-refractivity contribution is 5.99. The van der Waals surface area contributed by atoms with Crippen molar-refractivity contribution in [2.75, 3.05) is 55.3 Å². The van der Waals surface area contributed by atoms with E-state index in [1.54, 1.807) is 24.4 Å². The lowest BCUT2D eigenvalue weighted by Gasteiger charge is -2.26. The quantitative estimate of drug-likeness (QED) is 0.450. The van der Waals surface area contributed by atoms with Crippen molar-refractivity contribution >= 4 is 23.4 Å². The SMILES string of the molecule is CC(C)(C)c1cc(NC(=O)Nc2cccc(C#Cc3cncnc3NCCN3CCOCC3)c2)no1. The molecule has 0 aliphatic carbocycles. The van der Waals surface area contributed by atoms with Gasteiger partial charge in [-0.3, -0.25) is 10.2 Å². The van der Waals surface area contributed by atoms with Gasteiger partial charge in [0.15, 0.2) is 5.82 Å². The molecule has 0 atom stereocenters. The Morgan fingerprint density at radius 2 is 1.97 bits per heavy atom. The Balaban J connectivity index is 1.35. The number of benzene rings is 1. The summed E-state index contributed by atoms with van der Waals surface area (Å²) in [6.07, 6.45) is 3.20. The number of hydrogen-bond acceptors (Lipinski definition) is 8. The van der Waals surface area contributed by atoms with Gasteiger partial charge in [-0.05, 0) is 18.2 Å². The van der Waals surface area contributed by atoms with Gasteiger partial charge in [0.05, 0.1) is 18.8 Å². The van der Waals surface area contributed by atoms with Crippen LogP contribution in [0.4, 0.5) is 22.1 Å². The Hall–Kier alpha value is -3.94. The minimum Gasteiger partial charge on any atom is -0.379 e. The van der Waals surface area contributed by atoms with E-state index >= 15 is 0 Å². The van der Waals surface area contributed by atoms with E-state index in [-0.39, 0.29) is 5.41 Å². The summed E-state index contributed by atoms with van der Waals surface area (Å²) in [5, 5.41) is 12.7. The third-order valence-corrected chi connectivity index (χ3v) is 5.49. The Morgan fingerprint density at radius 3 is 2.75 bits per heavy atom. The fourth-order valence-electron chi connectivity index (χ4n) is 3.50. The lowest BCUT2D eigenvalue weighted by atomic mass is 9.93. The summed E-state index contributed by atoms with van der Waals surface area (Å²) in [5.74, 6) is 8.00. The minimum atomic E-state index is -0.419. The molecule has 10 nitrogen and oxygen atoms in total. The van der Waals surface area contributed by atoms with Gasteiger partial charge < -0.3 is 19.9 Å². The maximum atomic E-state index is 12.4. The molecule has 1 fully saturated rings. The highest BCUT2D eigenvalue weighted by Gasteiger charge is 2.20. The first-order chi connectivity index (χ1) is 17.4. The van der Waals surface area contributed by atoms with Crippen LogP contribution < -0.4 is 16.0 Å². The van der Waals surface area contributed by atoms with Crippen LogP contribution in [-0.2, 0) is 10.2 Å². The van der Waals surface area contributed by atoms with Gasteiger partial charge in [-0.25, -0.2) is 14.8 Å². The Morgan fingerprint density at radius 1 is 1.14 bits per heavy atom. The van der Waals surface area contributed by atoms with Gasteiger partial charge in [0.2, 0.25) is 0 Å². The van der Waals surface area contributed by atoms with Crippen LogP contribution in [0.1, 0.15) is 37.7 Å². The zero-order chi connectivity index (χ0) is 25.4. The average Bonchev–Trinajstić information content (AvgIpc) is 3.33. The van der Waals surface area contributed by atoms with Crippen LogP contribution >= 0.6 is 0 Å². The van der Waals surface area contributed by atoms with Crippen molar-refractivity contribution in [1.82, 2.24) is 20.0 Å². The normalized spacial score (nSPS) is 14.0. The summed E-state index contributed by atoms with van der Waals surface area (Å²) in [4.78, 5) is 23.2. The van der Waals surface area contributed by atoms with Crippen LogP contribution in [0.5, 0.6) is 0 Å². The Kier molecular flexibility index (Phi) is 8.15. The number of ether oxygens (including phenoxy) is 1. The van der Waals surface area contributed by atoms with Crippen LogP contribution in [0, 0.1) is 11.8 Å². The van der Waals surface area contributed by atoms with Crippen LogP contribution in [0.15, 0.2) is 47.4 Å². The van der Waals surface area contributed by atoms with E-state index in [1.165, 1.54) is 6.33 Å². The second-order valence-electron chi connectivity index (χ2n) is 9.40. The predicted molar refractivity (Wildman–Crippen MR) is 138 cm³/mol. The number of carbonyl (C=O) groups excluding carboxylic acids is 1. The fourth-order valence-corrected chi connectivity index (χ4v) is 3.50. The molecule has 0 bridgehead atoms. The minimum absolute atomic E-state index is 0.196.